The number of benzene rings is 9. The van der Waals surface area contributed by atoms with E-state index in [9.17, 15) is 0 Å². The number of aromatic nitrogens is 3. The lowest BCUT2D eigenvalue weighted by Gasteiger charge is -2.24. The van der Waals surface area contributed by atoms with Crippen LogP contribution in [-0.2, 0) is 5.41 Å². The number of hydrogen-bond acceptors (Lipinski definition) is 6. The molecule has 0 saturated heterocycles. The molecule has 14 rings (SSSR count). The van der Waals surface area contributed by atoms with Crippen LogP contribution in [0.25, 0.3) is 132 Å². The topological polar surface area (TPSA) is 65.0 Å². The number of nitrogens with zero attached hydrogens (tertiary/aromatic N) is 3. The van der Waals surface area contributed by atoms with E-state index in [1.54, 1.807) is 11.3 Å². The molecule has 5 nitrogen and oxygen atoms in total. The van der Waals surface area contributed by atoms with Crippen molar-refractivity contribution in [3.05, 3.63) is 199 Å². The average molecular weight is 864 g/mol. The molecule has 6 heteroatoms. The first-order valence-corrected chi connectivity index (χ1v) is 23.1. The first-order chi connectivity index (χ1) is 32.4. The van der Waals surface area contributed by atoms with Crippen LogP contribution in [0, 0.1) is 0 Å². The minimum Gasteiger partial charge on any atom is -0.456 e. The Labute approximate surface area is 383 Å². The van der Waals surface area contributed by atoms with Crippen LogP contribution in [0.1, 0.15) is 25.0 Å². The second kappa shape index (κ2) is 13.9. The zero-order chi connectivity index (χ0) is 43.7. The summed E-state index contributed by atoms with van der Waals surface area (Å²) in [5, 5.41) is 6.43. The molecule has 0 amide bonds. The van der Waals surface area contributed by atoms with E-state index >= 15 is 0 Å². The molecule has 0 N–H and O–H groups in total. The van der Waals surface area contributed by atoms with Crippen LogP contribution in [-0.4, -0.2) is 15.0 Å². The molecule has 1 aliphatic carbocycles. The highest BCUT2D eigenvalue weighted by atomic mass is 32.1. The van der Waals surface area contributed by atoms with Gasteiger partial charge in [0.05, 0.1) is 0 Å². The SMILES string of the molecule is CC1(C)c2ccccc2-c2cccc(-c3ccc(-c4ccc5oc6cccc(-c7nc(-c8ccc9c(c8)sc8ccccc89)nc(-c8cccc9oc%10ccccc%10c89)n7)c6c5c4)cc3)c21. The molecule has 0 fully saturated rings. The highest BCUT2D eigenvalue weighted by molar-refractivity contribution is 7.25. The Bertz CT molecular complexity index is 4150. The fourth-order valence-electron chi connectivity index (χ4n) is 10.7. The van der Waals surface area contributed by atoms with E-state index in [1.807, 2.05) is 42.5 Å². The number of rotatable bonds is 5. The van der Waals surface area contributed by atoms with Crippen molar-refractivity contribution in [1.29, 1.82) is 0 Å². The largest absolute Gasteiger partial charge is 0.456 e. The molecule has 0 aliphatic heterocycles. The van der Waals surface area contributed by atoms with Gasteiger partial charge in [-0.1, -0.05) is 159 Å². The highest BCUT2D eigenvalue weighted by Gasteiger charge is 2.37. The van der Waals surface area contributed by atoms with Crippen LogP contribution < -0.4 is 0 Å². The summed E-state index contributed by atoms with van der Waals surface area (Å²) < 4.78 is 15.4. The van der Waals surface area contributed by atoms with Crippen LogP contribution in [0.4, 0.5) is 0 Å². The maximum Gasteiger partial charge on any atom is 0.164 e. The van der Waals surface area contributed by atoms with Gasteiger partial charge in [0.25, 0.3) is 0 Å². The van der Waals surface area contributed by atoms with Gasteiger partial charge in [0.1, 0.15) is 22.3 Å². The summed E-state index contributed by atoms with van der Waals surface area (Å²) in [7, 11) is 0. The van der Waals surface area contributed by atoms with E-state index in [-0.39, 0.29) is 5.41 Å². The van der Waals surface area contributed by atoms with E-state index in [0.717, 1.165) is 71.7 Å². The average Bonchev–Trinajstić information content (AvgIpc) is 4.11. The summed E-state index contributed by atoms with van der Waals surface area (Å²) >= 11 is 1.79. The lowest BCUT2D eigenvalue weighted by Crippen LogP contribution is -2.16. The van der Waals surface area contributed by atoms with Gasteiger partial charge in [0.15, 0.2) is 17.5 Å². The molecule has 4 aromatic heterocycles. The van der Waals surface area contributed by atoms with Crippen LogP contribution in [0.2, 0.25) is 0 Å². The molecule has 310 valence electrons. The van der Waals surface area contributed by atoms with Gasteiger partial charge in [0, 0.05) is 63.8 Å². The Morgan fingerprint density at radius 1 is 0.364 bits per heavy atom. The number of furan rings is 2. The maximum atomic E-state index is 6.59. The molecule has 0 saturated carbocycles. The molecule has 13 aromatic rings. The Morgan fingerprint density at radius 2 is 0.909 bits per heavy atom. The summed E-state index contributed by atoms with van der Waals surface area (Å²) in [6, 6.07) is 66.6. The normalized spacial score (nSPS) is 13.1. The van der Waals surface area contributed by atoms with Crippen molar-refractivity contribution in [2.45, 2.75) is 19.3 Å². The monoisotopic (exact) mass is 863 g/mol. The Balaban J connectivity index is 0.922. The first kappa shape index (κ1) is 37.2. The minimum atomic E-state index is -0.0971. The number of fused-ring (bicyclic) bond motifs is 12. The molecular formula is C60H37N3O2S. The fourth-order valence-corrected chi connectivity index (χ4v) is 11.8. The predicted molar refractivity (Wildman–Crippen MR) is 272 cm³/mol. The third-order valence-corrected chi connectivity index (χ3v) is 14.9. The van der Waals surface area contributed by atoms with Crippen molar-refractivity contribution in [2.24, 2.45) is 0 Å². The molecule has 4 heterocycles. The standard InChI is InChI=1S/C60H37N3O2S/c1-60(2)47-19-6-3-12-39(47)42-16-9-15-38(56(42)60)35-26-24-34(25-27-35)36-29-31-49-46(32-36)55-45(18-11-22-51(55)65-49)59-62-57(37-28-30-41-40-13-5-8-23-52(40)66-53(41)33-37)61-58(63-59)44-17-10-21-50-54(44)43-14-4-7-20-48(43)64-50/h3-33H,1-2H3. The zero-order valence-corrected chi connectivity index (χ0v) is 36.8. The van der Waals surface area contributed by atoms with Crippen LogP contribution >= 0.6 is 11.3 Å². The van der Waals surface area contributed by atoms with Gasteiger partial charge in [-0.2, -0.15) is 0 Å². The van der Waals surface area contributed by atoms with Gasteiger partial charge < -0.3 is 8.83 Å². The van der Waals surface area contributed by atoms with Crippen LogP contribution in [0.3, 0.4) is 0 Å². The van der Waals surface area contributed by atoms with E-state index < -0.39 is 0 Å². The van der Waals surface area contributed by atoms with Crippen molar-refractivity contribution in [1.82, 2.24) is 15.0 Å². The molecule has 1 aliphatic rings. The summed E-state index contributed by atoms with van der Waals surface area (Å²) in [6.07, 6.45) is 0. The van der Waals surface area contributed by atoms with Crippen molar-refractivity contribution in [3.8, 4) is 67.5 Å². The van der Waals surface area contributed by atoms with E-state index in [2.05, 4.69) is 159 Å². The molecular weight excluding hydrogens is 827 g/mol. The van der Waals surface area contributed by atoms with Gasteiger partial charge in [-0.3, -0.25) is 0 Å². The molecule has 66 heavy (non-hydrogen) atoms. The van der Waals surface area contributed by atoms with Gasteiger partial charge in [-0.25, -0.2) is 15.0 Å². The van der Waals surface area contributed by atoms with Gasteiger partial charge in [0.2, 0.25) is 0 Å². The zero-order valence-electron chi connectivity index (χ0n) is 36.0. The summed E-state index contributed by atoms with van der Waals surface area (Å²) in [6.45, 7) is 4.69. The van der Waals surface area contributed by atoms with Crippen LogP contribution in [0.15, 0.2) is 197 Å². The molecule has 9 aromatic carbocycles. The van der Waals surface area contributed by atoms with Gasteiger partial charge in [-0.15, -0.1) is 11.3 Å². The van der Waals surface area contributed by atoms with Crippen molar-refractivity contribution >= 4 is 75.4 Å². The first-order valence-electron chi connectivity index (χ1n) is 22.3. The summed E-state index contributed by atoms with van der Waals surface area (Å²) in [4.78, 5) is 15.9. The molecule has 0 atom stereocenters. The van der Waals surface area contributed by atoms with Crippen LogP contribution in [0.5, 0.6) is 0 Å². The second-order valence-corrected chi connectivity index (χ2v) is 18.9. The van der Waals surface area contributed by atoms with E-state index in [1.165, 1.54) is 53.6 Å². The van der Waals surface area contributed by atoms with Gasteiger partial charge >= 0.3 is 0 Å². The van der Waals surface area contributed by atoms with Gasteiger partial charge in [-0.05, 0) is 87.0 Å². The molecule has 0 radical (unpaired) electrons. The van der Waals surface area contributed by atoms with E-state index in [0.29, 0.717) is 17.5 Å². The summed E-state index contributed by atoms with van der Waals surface area (Å²) in [5.74, 6) is 1.74. The lowest BCUT2D eigenvalue weighted by molar-refractivity contribution is 0.662. The number of thiophene rings is 1. The highest BCUT2D eigenvalue weighted by Crippen LogP contribution is 2.52. The fraction of sp³-hybridized carbons (Fsp3) is 0.0500. The Hall–Kier alpha value is -8.19. The number of hydrogen-bond donors (Lipinski definition) is 0. The molecule has 0 bridgehead atoms. The number of para-hydroxylation sites is 1. The molecule has 0 spiro atoms. The Morgan fingerprint density at radius 3 is 1.71 bits per heavy atom. The van der Waals surface area contributed by atoms with Crippen molar-refractivity contribution < 1.29 is 8.83 Å². The maximum absolute atomic E-state index is 6.59. The molecule has 0 unspecified atom stereocenters. The smallest absolute Gasteiger partial charge is 0.164 e. The lowest BCUT2D eigenvalue weighted by atomic mass is 9.79. The quantitative estimate of drug-likeness (QED) is 0.172. The van der Waals surface area contributed by atoms with Crippen molar-refractivity contribution in [2.75, 3.05) is 0 Å². The van der Waals surface area contributed by atoms with E-state index in [4.69, 9.17) is 23.8 Å². The second-order valence-electron chi connectivity index (χ2n) is 17.9. The van der Waals surface area contributed by atoms with Crippen molar-refractivity contribution in [3.63, 3.8) is 0 Å². The minimum absolute atomic E-state index is 0.0971. The third-order valence-electron chi connectivity index (χ3n) is 13.8. The third kappa shape index (κ3) is 5.49. The summed E-state index contributed by atoms with van der Waals surface area (Å²) in [5.41, 5.74) is 15.9. The Kier molecular flexibility index (Phi) is 7.84. The predicted octanol–water partition coefficient (Wildman–Crippen LogP) is 16.7.